The molecule has 0 aromatic heterocycles. The molecule has 0 bridgehead atoms. The lowest BCUT2D eigenvalue weighted by atomic mass is 9.89. The van der Waals surface area contributed by atoms with Gasteiger partial charge in [-0.25, -0.2) is 9.59 Å². The number of likely N-dealkylation sites (N-methyl/N-ethyl adjacent to an activating group) is 2. The molecule has 2 saturated heterocycles. The lowest BCUT2D eigenvalue weighted by Crippen LogP contribution is -2.61. The van der Waals surface area contributed by atoms with Crippen LogP contribution < -0.4 is 20.1 Å². The van der Waals surface area contributed by atoms with Gasteiger partial charge in [0.2, 0.25) is 29.9 Å². The van der Waals surface area contributed by atoms with Crippen molar-refractivity contribution < 1.29 is 82.7 Å². The van der Waals surface area contributed by atoms with Crippen molar-refractivity contribution in [1.82, 2.24) is 25.3 Å². The van der Waals surface area contributed by atoms with Gasteiger partial charge >= 0.3 is 12.1 Å². The molecular formula is C56H83N5O17. The van der Waals surface area contributed by atoms with Crippen LogP contribution in [0.5, 0.6) is 11.5 Å². The zero-order valence-corrected chi connectivity index (χ0v) is 46.9. The molecule has 2 aliphatic rings. The van der Waals surface area contributed by atoms with Crippen LogP contribution in [0.1, 0.15) is 98.3 Å². The zero-order valence-electron chi connectivity index (χ0n) is 46.9. The van der Waals surface area contributed by atoms with Crippen LogP contribution in [0.25, 0.3) is 0 Å². The molecule has 0 aliphatic carbocycles. The van der Waals surface area contributed by atoms with E-state index < -0.39 is 127 Å². The first-order valence-corrected chi connectivity index (χ1v) is 26.5. The van der Waals surface area contributed by atoms with Gasteiger partial charge in [-0.15, -0.1) is 6.42 Å². The van der Waals surface area contributed by atoms with E-state index in [9.17, 15) is 54.3 Å². The van der Waals surface area contributed by atoms with Crippen molar-refractivity contribution in [3.8, 4) is 23.8 Å². The molecule has 7 N–H and O–H groups in total. The van der Waals surface area contributed by atoms with Gasteiger partial charge in [0.15, 0.2) is 6.10 Å². The molecule has 15 atom stereocenters. The van der Waals surface area contributed by atoms with E-state index >= 15 is 0 Å². The van der Waals surface area contributed by atoms with Crippen molar-refractivity contribution in [2.45, 2.75) is 167 Å². The molecule has 0 spiro atoms. The molecule has 434 valence electrons. The Bertz CT molecular complexity index is 2350. The third kappa shape index (κ3) is 16.0. The summed E-state index contributed by atoms with van der Waals surface area (Å²) in [7, 11) is 6.00. The number of hydrogen-bond acceptors (Lipinski definition) is 16. The Balaban J connectivity index is 1.46. The fraction of sp³-hybridized carbons (Fsp3) is 0.643. The molecule has 2 heterocycles. The zero-order chi connectivity index (χ0) is 58.3. The van der Waals surface area contributed by atoms with Crippen LogP contribution >= 0.6 is 0 Å². The first-order valence-electron chi connectivity index (χ1n) is 26.5. The minimum atomic E-state index is -1.93. The van der Waals surface area contributed by atoms with Gasteiger partial charge in [-0.1, -0.05) is 91.1 Å². The van der Waals surface area contributed by atoms with Crippen LogP contribution in [-0.2, 0) is 49.5 Å². The molecule has 2 aromatic rings. The van der Waals surface area contributed by atoms with Crippen molar-refractivity contribution in [2.75, 3.05) is 41.5 Å². The molecule has 0 saturated carbocycles. The Morgan fingerprint density at radius 1 is 0.872 bits per heavy atom. The number of carbonyl (C=O) groups is 6. The maximum absolute atomic E-state index is 14.7. The van der Waals surface area contributed by atoms with Crippen LogP contribution in [0.2, 0.25) is 0 Å². The number of nitrogens with one attached hydrogen (secondary N) is 2. The lowest BCUT2D eigenvalue weighted by Gasteiger charge is -2.41. The number of likely N-dealkylation sites (tertiary alicyclic amines) is 1. The number of methoxy groups -OCH3 is 2. The van der Waals surface area contributed by atoms with Crippen molar-refractivity contribution in [3.05, 3.63) is 59.7 Å². The van der Waals surface area contributed by atoms with Crippen molar-refractivity contribution in [2.24, 2.45) is 23.7 Å². The van der Waals surface area contributed by atoms with Crippen molar-refractivity contribution >= 4 is 35.7 Å². The molecule has 5 amide bonds. The van der Waals surface area contributed by atoms with E-state index in [1.54, 1.807) is 65.6 Å². The number of aliphatic hydroxyl groups excluding tert-OH is 4. The number of aliphatic hydroxyl groups is 4. The molecule has 2 aliphatic heterocycles. The number of hydrogen-bond donors (Lipinski definition) is 7. The Hall–Kier alpha value is -6.06. The Labute approximate surface area is 458 Å². The molecule has 22 heteroatoms. The molecular weight excluding hydrogens is 1010 g/mol. The van der Waals surface area contributed by atoms with Gasteiger partial charge in [0.25, 0.3) is 0 Å². The Kier molecular flexibility index (Phi) is 24.6. The van der Waals surface area contributed by atoms with Gasteiger partial charge in [-0.3, -0.25) is 24.1 Å². The predicted molar refractivity (Wildman–Crippen MR) is 284 cm³/mol. The number of ether oxygens (including phenoxy) is 6. The maximum atomic E-state index is 14.7. The quantitative estimate of drug-likeness (QED) is 0.0633. The van der Waals surface area contributed by atoms with Crippen LogP contribution in [0.3, 0.4) is 0 Å². The highest BCUT2D eigenvalue weighted by Gasteiger charge is 2.49. The van der Waals surface area contributed by atoms with Crippen LogP contribution in [0, 0.1) is 36.0 Å². The minimum Gasteiger partial charge on any atom is -0.480 e. The second kappa shape index (κ2) is 29.8. The maximum Gasteiger partial charge on any atom is 0.410 e. The summed E-state index contributed by atoms with van der Waals surface area (Å²) in [4.78, 5) is 86.8. The second-order valence-corrected chi connectivity index (χ2v) is 20.9. The Morgan fingerprint density at radius 2 is 1.54 bits per heavy atom. The number of carboxylic acids is 1. The first-order chi connectivity index (χ1) is 36.8. The molecule has 2 aromatic carbocycles. The Morgan fingerprint density at radius 3 is 2.12 bits per heavy atom. The topological polar surface area (TPSA) is 293 Å². The average Bonchev–Trinajstić information content (AvgIpc) is 3.90. The van der Waals surface area contributed by atoms with Crippen molar-refractivity contribution in [3.63, 3.8) is 0 Å². The molecule has 2 fully saturated rings. The number of amides is 5. The average molecular weight is 1100 g/mol. The number of carboxylic acid groups (broad SMARTS) is 1. The highest BCUT2D eigenvalue weighted by atomic mass is 16.7. The highest BCUT2D eigenvalue weighted by Crippen LogP contribution is 2.32. The van der Waals surface area contributed by atoms with E-state index in [0.29, 0.717) is 31.4 Å². The summed E-state index contributed by atoms with van der Waals surface area (Å²) in [6.07, 6.45) is -5.37. The van der Waals surface area contributed by atoms with Gasteiger partial charge in [-0.2, -0.15) is 0 Å². The van der Waals surface area contributed by atoms with E-state index in [1.165, 1.54) is 44.4 Å². The predicted octanol–water partition coefficient (Wildman–Crippen LogP) is 2.86. The summed E-state index contributed by atoms with van der Waals surface area (Å²) in [6.45, 7) is 14.2. The number of rotatable bonds is 27. The van der Waals surface area contributed by atoms with E-state index in [2.05, 4.69) is 16.6 Å². The minimum absolute atomic E-state index is 0.0294. The van der Waals surface area contributed by atoms with E-state index in [4.69, 9.17) is 34.8 Å². The van der Waals surface area contributed by atoms with Gasteiger partial charge in [-0.05, 0) is 55.2 Å². The highest BCUT2D eigenvalue weighted by molar-refractivity contribution is 5.92. The van der Waals surface area contributed by atoms with E-state index in [0.717, 1.165) is 4.90 Å². The normalized spacial score (nSPS) is 22.8. The summed E-state index contributed by atoms with van der Waals surface area (Å²) in [5.74, 6) is -2.66. The summed E-state index contributed by atoms with van der Waals surface area (Å²) < 4.78 is 34.2. The number of aliphatic carboxylic acids is 1. The fourth-order valence-corrected chi connectivity index (χ4v) is 10.2. The van der Waals surface area contributed by atoms with Gasteiger partial charge in [0.1, 0.15) is 55.1 Å². The standard InChI is InChI=1S/C56H83N5O17/c1-14-26-75-39-27-37(77-55-48(66)46(64)47(65)50(78-55)54(70)71)24-23-36(39)29-76-56(72)60(11)43(31(5)6)52(68)58-42(30(3)4)53(69)59(10)44(32(7)15-2)40(73-12)28-41(62)61-25-19-22-38(61)49(74-13)33(8)51(67)57-34(9)45(63)35-20-17-16-18-21-35/h1,16-18,20-21,23-24,27,30-34,38,40,42-50,55,63-66H,15,19,22,25-26,28-29H2,2-13H3,(H,57,67)(H,58,68)(H,70,71)/t32?,33-,34-,38+,40-,42+,43+,44+,45-,46+,47+,48-,49-,50+,55-/m1/s1. The van der Waals surface area contributed by atoms with Crippen LogP contribution in [0.4, 0.5) is 4.79 Å². The molecule has 22 nitrogen and oxygen atoms in total. The summed E-state index contributed by atoms with van der Waals surface area (Å²) in [6, 6.07) is 9.27. The largest absolute Gasteiger partial charge is 0.480 e. The fourth-order valence-electron chi connectivity index (χ4n) is 10.2. The second-order valence-electron chi connectivity index (χ2n) is 20.9. The monoisotopic (exact) mass is 1100 g/mol. The number of benzene rings is 2. The summed E-state index contributed by atoms with van der Waals surface area (Å²) in [5, 5.41) is 56.9. The van der Waals surface area contributed by atoms with Gasteiger partial charge < -0.3 is 74.4 Å². The van der Waals surface area contributed by atoms with Crippen LogP contribution in [-0.4, -0.2) is 191 Å². The molecule has 4 rings (SSSR count). The smallest absolute Gasteiger partial charge is 0.410 e. The first kappa shape index (κ1) is 64.5. The SMILES string of the molecule is C#CCOc1cc(O[C@@H]2O[C@H](C(=O)O)[C@@H](O)[C@H](O)[C@H]2O)ccc1COC(=O)N(C)[C@H](C(=O)N[C@H](C(=O)N(C)[C@@H](C(C)CC)[C@@H](CC(=O)N1CCC[C@H]1[C@H](OC)[C@@H](C)C(=O)N[C@H](C)[C@@H](O)c1ccccc1)OC)C(C)C)C(C)C. The molecule has 78 heavy (non-hydrogen) atoms. The summed E-state index contributed by atoms with van der Waals surface area (Å²) in [5.41, 5.74) is 0.952. The van der Waals surface area contributed by atoms with Gasteiger partial charge in [0.05, 0.1) is 48.8 Å². The summed E-state index contributed by atoms with van der Waals surface area (Å²) >= 11 is 0. The third-order valence-electron chi connectivity index (χ3n) is 14.8. The third-order valence-corrected chi connectivity index (χ3v) is 14.8. The van der Waals surface area contributed by atoms with Crippen LogP contribution in [0.15, 0.2) is 48.5 Å². The molecule has 1 unspecified atom stereocenters. The van der Waals surface area contributed by atoms with E-state index in [-0.39, 0.29) is 47.8 Å². The number of terminal acetylenes is 1. The number of carbonyl (C=O) groups excluding carboxylic acids is 5. The van der Waals surface area contributed by atoms with Crippen molar-refractivity contribution in [1.29, 1.82) is 0 Å². The van der Waals surface area contributed by atoms with E-state index in [1.807, 2.05) is 32.0 Å². The molecule has 0 radical (unpaired) electrons. The lowest BCUT2D eigenvalue weighted by molar-refractivity contribution is -0.271. The van der Waals surface area contributed by atoms with Gasteiger partial charge in [0, 0.05) is 46.5 Å². The number of nitrogens with zero attached hydrogens (tertiary/aromatic N) is 3.